The molecule has 1 fully saturated rings. The SMILES string of the molecule is NC(=O)c1cccc([C@H]2O[C@@H](CO)[C@@H](O)[C@@H]2O)c1. The Bertz CT molecular complexity index is 450. The molecular formula is C12H15NO5. The van der Waals surface area contributed by atoms with Gasteiger partial charge in [0.05, 0.1) is 6.61 Å². The van der Waals surface area contributed by atoms with Crippen LogP contribution in [-0.2, 0) is 4.74 Å². The zero-order valence-electron chi connectivity index (χ0n) is 9.56. The van der Waals surface area contributed by atoms with Crippen molar-refractivity contribution < 1.29 is 24.9 Å². The van der Waals surface area contributed by atoms with Gasteiger partial charge < -0.3 is 25.8 Å². The van der Waals surface area contributed by atoms with Crippen LogP contribution in [0, 0.1) is 0 Å². The summed E-state index contributed by atoms with van der Waals surface area (Å²) in [5, 5.41) is 28.5. The van der Waals surface area contributed by atoms with E-state index in [2.05, 4.69) is 0 Å². The van der Waals surface area contributed by atoms with Crippen molar-refractivity contribution in [2.24, 2.45) is 5.73 Å². The third-order valence-electron chi connectivity index (χ3n) is 3.04. The van der Waals surface area contributed by atoms with Crippen molar-refractivity contribution in [3.05, 3.63) is 35.4 Å². The van der Waals surface area contributed by atoms with Crippen LogP contribution in [-0.4, -0.2) is 46.1 Å². The van der Waals surface area contributed by atoms with E-state index in [4.69, 9.17) is 15.6 Å². The molecule has 18 heavy (non-hydrogen) atoms. The number of aliphatic hydroxyl groups is 3. The number of ether oxygens (including phenoxy) is 1. The van der Waals surface area contributed by atoms with E-state index in [9.17, 15) is 15.0 Å². The molecule has 2 rings (SSSR count). The van der Waals surface area contributed by atoms with Crippen LogP contribution in [0.15, 0.2) is 24.3 Å². The Kier molecular flexibility index (Phi) is 3.63. The molecule has 6 nitrogen and oxygen atoms in total. The molecule has 98 valence electrons. The lowest BCUT2D eigenvalue weighted by Gasteiger charge is -2.15. The van der Waals surface area contributed by atoms with Gasteiger partial charge in [-0.1, -0.05) is 12.1 Å². The maximum Gasteiger partial charge on any atom is 0.248 e. The quantitative estimate of drug-likeness (QED) is 0.548. The molecule has 1 amide bonds. The molecule has 0 spiro atoms. The number of amides is 1. The van der Waals surface area contributed by atoms with Gasteiger partial charge in [0.1, 0.15) is 24.4 Å². The fraction of sp³-hybridized carbons (Fsp3) is 0.417. The minimum absolute atomic E-state index is 0.297. The van der Waals surface area contributed by atoms with E-state index in [0.29, 0.717) is 11.1 Å². The number of nitrogens with two attached hydrogens (primary N) is 1. The lowest BCUT2D eigenvalue weighted by atomic mass is 10.00. The Labute approximate surface area is 104 Å². The van der Waals surface area contributed by atoms with Gasteiger partial charge in [-0.25, -0.2) is 0 Å². The van der Waals surface area contributed by atoms with Gasteiger partial charge in [0.15, 0.2) is 0 Å². The molecular weight excluding hydrogens is 238 g/mol. The van der Waals surface area contributed by atoms with Gasteiger partial charge in [0, 0.05) is 5.56 Å². The number of hydrogen-bond donors (Lipinski definition) is 4. The second-order valence-electron chi connectivity index (χ2n) is 4.25. The van der Waals surface area contributed by atoms with Gasteiger partial charge in [-0.15, -0.1) is 0 Å². The Morgan fingerprint density at radius 2 is 2.06 bits per heavy atom. The largest absolute Gasteiger partial charge is 0.394 e. The maximum atomic E-state index is 11.1. The normalized spacial score (nSPS) is 31.5. The number of carbonyl (C=O) groups is 1. The molecule has 1 aliphatic heterocycles. The molecule has 0 unspecified atom stereocenters. The fourth-order valence-electron chi connectivity index (χ4n) is 2.04. The van der Waals surface area contributed by atoms with Crippen LogP contribution in [0.2, 0.25) is 0 Å². The standard InChI is InChI=1S/C12H15NO5/c13-12(17)7-3-1-2-6(4-7)11-10(16)9(15)8(5-14)18-11/h1-4,8-11,14-16H,5H2,(H2,13,17)/t8-,9+,10-,11+/m0/s1. The lowest BCUT2D eigenvalue weighted by molar-refractivity contribution is -0.0227. The average Bonchev–Trinajstić information content (AvgIpc) is 2.66. The predicted molar refractivity (Wildman–Crippen MR) is 61.7 cm³/mol. The molecule has 1 aromatic carbocycles. The molecule has 1 aromatic rings. The van der Waals surface area contributed by atoms with E-state index in [1.807, 2.05) is 0 Å². The van der Waals surface area contributed by atoms with Crippen LogP contribution in [0.3, 0.4) is 0 Å². The Balaban J connectivity index is 2.27. The van der Waals surface area contributed by atoms with Crippen molar-refractivity contribution in [3.63, 3.8) is 0 Å². The second kappa shape index (κ2) is 5.03. The number of aliphatic hydroxyl groups excluding tert-OH is 3. The highest BCUT2D eigenvalue weighted by Crippen LogP contribution is 2.33. The van der Waals surface area contributed by atoms with E-state index in [0.717, 1.165) is 0 Å². The summed E-state index contributed by atoms with van der Waals surface area (Å²) in [6.07, 6.45) is -3.92. The molecule has 1 aliphatic rings. The maximum absolute atomic E-state index is 11.1. The first-order valence-corrected chi connectivity index (χ1v) is 5.57. The first-order valence-electron chi connectivity index (χ1n) is 5.57. The topological polar surface area (TPSA) is 113 Å². The highest BCUT2D eigenvalue weighted by molar-refractivity contribution is 5.92. The third-order valence-corrected chi connectivity index (χ3v) is 3.04. The molecule has 6 heteroatoms. The van der Waals surface area contributed by atoms with E-state index in [-0.39, 0.29) is 6.61 Å². The molecule has 0 aliphatic carbocycles. The van der Waals surface area contributed by atoms with Crippen LogP contribution in [0.1, 0.15) is 22.0 Å². The van der Waals surface area contributed by atoms with Crippen molar-refractivity contribution in [1.82, 2.24) is 0 Å². The zero-order chi connectivity index (χ0) is 13.3. The Hall–Kier alpha value is -1.47. The lowest BCUT2D eigenvalue weighted by Crippen LogP contribution is -2.32. The monoisotopic (exact) mass is 253 g/mol. The second-order valence-corrected chi connectivity index (χ2v) is 4.25. The summed E-state index contributed by atoms with van der Waals surface area (Å²) in [6.45, 7) is -0.385. The summed E-state index contributed by atoms with van der Waals surface area (Å²) in [7, 11) is 0. The number of carbonyl (C=O) groups excluding carboxylic acids is 1. The van der Waals surface area contributed by atoms with Crippen molar-refractivity contribution >= 4 is 5.91 Å². The number of rotatable bonds is 3. The smallest absolute Gasteiger partial charge is 0.248 e. The fourth-order valence-corrected chi connectivity index (χ4v) is 2.04. The van der Waals surface area contributed by atoms with E-state index >= 15 is 0 Å². The molecule has 0 bridgehead atoms. The number of benzene rings is 1. The van der Waals surface area contributed by atoms with Crippen LogP contribution < -0.4 is 5.73 Å². The summed E-state index contributed by atoms with van der Waals surface area (Å²) in [4.78, 5) is 11.1. The molecule has 5 N–H and O–H groups in total. The van der Waals surface area contributed by atoms with E-state index in [1.54, 1.807) is 18.2 Å². The minimum atomic E-state index is -1.16. The summed E-state index contributed by atoms with van der Waals surface area (Å²) in [6, 6.07) is 6.33. The molecule has 1 saturated heterocycles. The summed E-state index contributed by atoms with van der Waals surface area (Å²) < 4.78 is 5.35. The molecule has 0 saturated carbocycles. The third kappa shape index (κ3) is 2.23. The Morgan fingerprint density at radius 1 is 1.33 bits per heavy atom. The van der Waals surface area contributed by atoms with Crippen molar-refractivity contribution in [1.29, 1.82) is 0 Å². The van der Waals surface area contributed by atoms with Gasteiger partial charge in [-0.3, -0.25) is 4.79 Å². The van der Waals surface area contributed by atoms with E-state index < -0.39 is 30.3 Å². The van der Waals surface area contributed by atoms with Crippen molar-refractivity contribution in [2.75, 3.05) is 6.61 Å². The molecule has 1 heterocycles. The van der Waals surface area contributed by atoms with Gasteiger partial charge in [-0.2, -0.15) is 0 Å². The van der Waals surface area contributed by atoms with Crippen molar-refractivity contribution in [2.45, 2.75) is 24.4 Å². The van der Waals surface area contributed by atoms with Gasteiger partial charge in [-0.05, 0) is 17.7 Å². The summed E-state index contributed by atoms with van der Waals surface area (Å²) in [5.41, 5.74) is 6.00. The first-order chi connectivity index (χ1) is 8.54. The number of primary amides is 1. The summed E-state index contributed by atoms with van der Waals surface area (Å²) in [5.74, 6) is -0.580. The highest BCUT2D eigenvalue weighted by atomic mass is 16.6. The molecule has 0 aromatic heterocycles. The number of hydrogen-bond acceptors (Lipinski definition) is 5. The van der Waals surface area contributed by atoms with Crippen molar-refractivity contribution in [3.8, 4) is 0 Å². The van der Waals surface area contributed by atoms with Gasteiger partial charge >= 0.3 is 0 Å². The Morgan fingerprint density at radius 3 is 2.61 bits per heavy atom. The minimum Gasteiger partial charge on any atom is -0.394 e. The summed E-state index contributed by atoms with van der Waals surface area (Å²) >= 11 is 0. The highest BCUT2D eigenvalue weighted by Gasteiger charge is 2.42. The average molecular weight is 253 g/mol. The van der Waals surface area contributed by atoms with Crippen LogP contribution in [0.4, 0.5) is 0 Å². The van der Waals surface area contributed by atoms with Crippen LogP contribution >= 0.6 is 0 Å². The predicted octanol–water partition coefficient (Wildman–Crippen LogP) is -1.06. The molecule has 4 atom stereocenters. The van der Waals surface area contributed by atoms with Gasteiger partial charge in [0.25, 0.3) is 0 Å². The zero-order valence-corrected chi connectivity index (χ0v) is 9.56. The van der Waals surface area contributed by atoms with Crippen LogP contribution in [0.5, 0.6) is 0 Å². The first kappa shape index (κ1) is 13.0. The van der Waals surface area contributed by atoms with Gasteiger partial charge in [0.2, 0.25) is 5.91 Å². The molecule has 0 radical (unpaired) electrons. The van der Waals surface area contributed by atoms with Crippen LogP contribution in [0.25, 0.3) is 0 Å². The van der Waals surface area contributed by atoms with E-state index in [1.165, 1.54) is 6.07 Å².